The van der Waals surface area contributed by atoms with Crippen LogP contribution >= 0.6 is 0 Å². The van der Waals surface area contributed by atoms with Gasteiger partial charge in [-0.05, 0) is 105 Å². The van der Waals surface area contributed by atoms with E-state index in [9.17, 15) is 6.48 Å². The summed E-state index contributed by atoms with van der Waals surface area (Å²) in [7, 11) is 0. The monoisotopic (exact) mass is 803 g/mol. The van der Waals surface area contributed by atoms with E-state index in [1.165, 1.54) is 47.0 Å². The number of nitrogens with zero attached hydrogens (tertiary/aromatic N) is 3. The van der Waals surface area contributed by atoms with Crippen LogP contribution in [-0.2, 0) is 16.2 Å². The quantitative estimate of drug-likeness (QED) is 0.182. The zero-order chi connectivity index (χ0) is 66.3. The molecule has 59 heavy (non-hydrogen) atoms. The summed E-state index contributed by atoms with van der Waals surface area (Å²) in [5, 5.41) is 13.0. The van der Waals surface area contributed by atoms with E-state index in [-0.39, 0.29) is 56.3 Å². The highest BCUT2D eigenvalue weighted by atomic mass is 16.3. The smallest absolute Gasteiger partial charge is 0.149 e. The maximum Gasteiger partial charge on any atom is 0.149 e. The summed E-state index contributed by atoms with van der Waals surface area (Å²) >= 11 is 0. The van der Waals surface area contributed by atoms with Crippen molar-refractivity contribution in [2.24, 2.45) is 0 Å². The van der Waals surface area contributed by atoms with Gasteiger partial charge in [0.2, 0.25) is 0 Å². The van der Waals surface area contributed by atoms with Crippen molar-refractivity contribution in [2.75, 3.05) is 0 Å². The third-order valence-corrected chi connectivity index (χ3v) is 9.92. The molecule has 0 bridgehead atoms. The summed E-state index contributed by atoms with van der Waals surface area (Å²) < 4.78 is 253. The molecule has 0 aliphatic rings. The summed E-state index contributed by atoms with van der Waals surface area (Å²) in [6, 6.07) is 16.6. The van der Waals surface area contributed by atoms with E-state index in [4.69, 9.17) is 43.4 Å². The van der Waals surface area contributed by atoms with E-state index < -0.39 is 152 Å². The lowest BCUT2D eigenvalue weighted by Crippen LogP contribution is -2.17. The molecule has 0 radical (unpaired) electrons. The SMILES string of the molecule is [2H]c1nc(-c2cc(-c3cccc4c3nc(-c3cc(C(C([2H])([2H])[2H])(C([2H])([2H])[2H])C([2H])([2H])[2H])cc(C(C([2H])([2H])[2H])(C([2H])([2H])[2H])C([2H])([2H])[2H])c3O)n4-c3ccc(C([2H])([2H])[2H])cc3-c3ccccc3)cc(C(C)(C)C)c2)c([2H])c(-c2c([2H])c([2H])c([2H])c([2H])c2[2H])c1[2H]. The van der Waals surface area contributed by atoms with Crippen LogP contribution in [-0.4, -0.2) is 19.6 Å². The normalized spacial score (nSPS) is 21.0. The van der Waals surface area contributed by atoms with Crippen LogP contribution in [0.2, 0.25) is 0 Å². The Morgan fingerprint density at radius 1 is 0.610 bits per heavy atom. The lowest BCUT2D eigenvalue weighted by atomic mass is 9.79. The first kappa shape index (κ1) is 17.9. The zero-order valence-electron chi connectivity index (χ0n) is 61.0. The van der Waals surface area contributed by atoms with Gasteiger partial charge in [0.25, 0.3) is 0 Å². The number of para-hydroxylation sites is 1. The minimum atomic E-state index is -4.29. The highest BCUT2D eigenvalue weighted by Gasteiger charge is 2.29. The first-order valence-corrected chi connectivity index (χ1v) is 18.3. The van der Waals surface area contributed by atoms with E-state index in [2.05, 4.69) is 4.98 Å². The van der Waals surface area contributed by atoms with Crippen LogP contribution < -0.4 is 0 Å². The molecule has 0 spiro atoms. The number of imidazole rings is 1. The van der Waals surface area contributed by atoms with Gasteiger partial charge in [-0.1, -0.05) is 158 Å². The predicted octanol–water partition coefficient (Wildman–Crippen LogP) is 14.7. The molecule has 4 heteroatoms. The molecular formula is C55H55N3O. The van der Waals surface area contributed by atoms with Crippen molar-refractivity contribution in [1.82, 2.24) is 14.5 Å². The standard InChI is InChI=1S/C55H55N3O/c1-35-24-25-48(44(28-35)37-20-15-12-16-21-37)58-49-23-17-22-43(50(49)57-52(58)45-33-42(54(5,6)7)34-46(51(45)59)55(8,9)10)39-29-40(31-41(30-39)53(2,3)4)47-32-38(26-27-56-47)36-18-13-11-14-19-36/h11-34,59H,1-10H3/i1D3,5D3,6D3,7D3,8D3,9D3,10D3,11D,13D,14D,18D,19D,26D,27D,32D. The average molecular weight is 803 g/mol. The molecule has 0 aliphatic carbocycles. The summed E-state index contributed by atoms with van der Waals surface area (Å²) in [6.07, 6.45) is -0.750. The van der Waals surface area contributed by atoms with Gasteiger partial charge in [-0.25, -0.2) is 4.98 Å². The number of phenols is 1. The van der Waals surface area contributed by atoms with Gasteiger partial charge in [-0.2, -0.15) is 0 Å². The molecule has 2 aromatic heterocycles. The van der Waals surface area contributed by atoms with Crippen LogP contribution in [0.25, 0.3) is 72.7 Å². The summed E-state index contributed by atoms with van der Waals surface area (Å²) in [6.45, 7) is -22.7. The molecule has 0 atom stereocenters. The molecule has 4 nitrogen and oxygen atoms in total. The second-order valence-electron chi connectivity index (χ2n) is 15.2. The fourth-order valence-corrected chi connectivity index (χ4v) is 6.95. The fourth-order valence-electron chi connectivity index (χ4n) is 6.95. The fraction of sp³-hybridized carbons (Fsp3) is 0.236. The van der Waals surface area contributed by atoms with Gasteiger partial charge in [0.15, 0.2) is 0 Å². The third-order valence-electron chi connectivity index (χ3n) is 9.92. The number of aromatic hydroxyl groups is 1. The van der Waals surface area contributed by atoms with Crippen LogP contribution in [0.1, 0.15) is 124 Å². The molecule has 8 rings (SSSR count). The maximum atomic E-state index is 13.0. The Labute approximate surface area is 391 Å². The zero-order valence-corrected chi connectivity index (χ0v) is 32.0. The maximum absolute atomic E-state index is 13.0. The number of aryl methyl sites for hydroxylation is 1. The molecule has 0 aliphatic heterocycles. The lowest BCUT2D eigenvalue weighted by molar-refractivity contribution is 0.446. The Morgan fingerprint density at radius 2 is 1.36 bits per heavy atom. The molecule has 0 unspecified atom stereocenters. The van der Waals surface area contributed by atoms with E-state index >= 15 is 0 Å². The van der Waals surface area contributed by atoms with Crippen LogP contribution in [0.4, 0.5) is 0 Å². The van der Waals surface area contributed by atoms with Crippen LogP contribution in [0.5, 0.6) is 5.75 Å². The van der Waals surface area contributed by atoms with Crippen molar-refractivity contribution in [2.45, 2.75) is 85.0 Å². The topological polar surface area (TPSA) is 50.9 Å². The molecule has 296 valence electrons. The predicted molar refractivity (Wildman–Crippen MR) is 249 cm³/mol. The Hall–Kier alpha value is -6.26. The second kappa shape index (κ2) is 14.8. The van der Waals surface area contributed by atoms with Crippen LogP contribution in [0.3, 0.4) is 0 Å². The first-order chi connectivity index (χ1) is 40.0. The van der Waals surface area contributed by atoms with Gasteiger partial charge < -0.3 is 5.11 Å². The van der Waals surface area contributed by atoms with Gasteiger partial charge in [0, 0.05) is 57.2 Å². The average Bonchev–Trinajstić information content (AvgIpc) is 0.808. The number of aromatic nitrogens is 3. The number of hydrogen-bond donors (Lipinski definition) is 1. The first-order valence-electron chi connectivity index (χ1n) is 32.8. The number of phenolic OH excluding ortho intramolecular Hbond substituents is 1. The Kier molecular flexibility index (Phi) is 4.51. The van der Waals surface area contributed by atoms with Crippen molar-refractivity contribution in [3.05, 3.63) is 168 Å². The summed E-state index contributed by atoms with van der Waals surface area (Å²) in [4.78, 5) is 9.31. The highest BCUT2D eigenvalue weighted by Crippen LogP contribution is 2.46. The van der Waals surface area contributed by atoms with E-state index in [1.54, 1.807) is 42.5 Å². The molecule has 0 fully saturated rings. The lowest BCUT2D eigenvalue weighted by Gasteiger charge is -2.27. The van der Waals surface area contributed by atoms with Crippen molar-refractivity contribution in [3.8, 4) is 67.5 Å². The Balaban J connectivity index is 1.64. The van der Waals surface area contributed by atoms with E-state index in [0.29, 0.717) is 17.2 Å². The Morgan fingerprint density at radius 3 is 2.08 bits per heavy atom. The van der Waals surface area contributed by atoms with Crippen LogP contribution in [0, 0.1) is 6.85 Å². The molecule has 1 N–H and O–H groups in total. The minimum Gasteiger partial charge on any atom is -0.507 e. The van der Waals surface area contributed by atoms with Gasteiger partial charge in [-0.15, -0.1) is 0 Å². The minimum absolute atomic E-state index is 0.0300. The summed E-state index contributed by atoms with van der Waals surface area (Å²) in [5.41, 5.74) is -13.8. The van der Waals surface area contributed by atoms with Crippen molar-refractivity contribution in [1.29, 1.82) is 0 Å². The van der Waals surface area contributed by atoms with Crippen LogP contribution in [0.15, 0.2) is 146 Å². The van der Waals surface area contributed by atoms with Gasteiger partial charge in [-0.3, -0.25) is 9.55 Å². The molecule has 0 saturated carbocycles. The number of rotatable bonds is 6. The van der Waals surface area contributed by atoms with Gasteiger partial charge >= 0.3 is 0 Å². The van der Waals surface area contributed by atoms with Gasteiger partial charge in [0.1, 0.15) is 11.6 Å². The number of fused-ring (bicyclic) bond motifs is 1. The molecule has 0 saturated heterocycles. The highest BCUT2D eigenvalue weighted by molar-refractivity contribution is 5.98. The number of benzene rings is 6. The van der Waals surface area contributed by atoms with E-state index in [1.807, 2.05) is 20.8 Å². The molecular weight excluding hydrogens is 719 g/mol. The largest absolute Gasteiger partial charge is 0.507 e. The summed E-state index contributed by atoms with van der Waals surface area (Å²) in [5.74, 6) is -2.24. The van der Waals surface area contributed by atoms with Crippen molar-refractivity contribution < 1.29 is 44.9 Å². The molecule has 6 aromatic carbocycles. The van der Waals surface area contributed by atoms with Crippen molar-refractivity contribution >= 4 is 11.0 Å². The second-order valence-corrected chi connectivity index (χ2v) is 15.2. The molecule has 0 amide bonds. The van der Waals surface area contributed by atoms with E-state index in [0.717, 1.165) is 0 Å². The molecule has 2 heterocycles. The Bertz CT molecular complexity index is 3980. The third kappa shape index (κ3) is 7.72. The molecule has 8 aromatic rings. The number of pyridine rings is 1. The number of hydrogen-bond acceptors (Lipinski definition) is 3. The van der Waals surface area contributed by atoms with Crippen molar-refractivity contribution in [3.63, 3.8) is 0 Å². The van der Waals surface area contributed by atoms with Gasteiger partial charge in [0.05, 0.1) is 38.9 Å².